The van der Waals surface area contributed by atoms with Crippen molar-refractivity contribution in [2.24, 2.45) is 0 Å². The van der Waals surface area contributed by atoms with Crippen LogP contribution >= 0.6 is 12.4 Å². The minimum atomic E-state index is -0.462. The quantitative estimate of drug-likeness (QED) is 0.435. The molecule has 1 saturated heterocycles. The third-order valence-electron chi connectivity index (χ3n) is 5.68. The molecule has 0 bridgehead atoms. The maximum atomic E-state index is 12.2. The maximum Gasteiger partial charge on any atom is 0.123 e. The SMILES string of the molecule is Cl.FCCOc1ccc(CC[C@H]2CCC[C@@H](CCc3ccc(OCCF)cc3)N2)cc1. The first-order valence-corrected chi connectivity index (χ1v) is 11.1. The zero-order valence-electron chi connectivity index (χ0n) is 18.0. The first kappa shape index (κ1) is 25.4. The molecule has 172 valence electrons. The molecule has 0 aromatic heterocycles. The number of alkyl halides is 2. The van der Waals surface area contributed by atoms with Gasteiger partial charge in [-0.15, -0.1) is 12.4 Å². The number of halogens is 3. The van der Waals surface area contributed by atoms with Gasteiger partial charge in [0.1, 0.15) is 38.1 Å². The second-order valence-corrected chi connectivity index (χ2v) is 7.93. The van der Waals surface area contributed by atoms with E-state index in [1.165, 1.54) is 30.4 Å². The molecule has 0 saturated carbocycles. The molecule has 2 aromatic carbocycles. The molecule has 2 atom stereocenters. The van der Waals surface area contributed by atoms with Crippen molar-refractivity contribution in [3.8, 4) is 11.5 Å². The molecule has 1 fully saturated rings. The van der Waals surface area contributed by atoms with E-state index in [0.717, 1.165) is 37.2 Å². The number of hydrogen-bond donors (Lipinski definition) is 1. The van der Waals surface area contributed by atoms with Crippen LogP contribution in [0.25, 0.3) is 0 Å². The van der Waals surface area contributed by atoms with E-state index in [9.17, 15) is 8.78 Å². The van der Waals surface area contributed by atoms with Gasteiger partial charge in [0.15, 0.2) is 0 Å². The van der Waals surface area contributed by atoms with Gasteiger partial charge in [-0.3, -0.25) is 0 Å². The minimum Gasteiger partial charge on any atom is -0.491 e. The van der Waals surface area contributed by atoms with E-state index >= 15 is 0 Å². The normalized spacial score (nSPS) is 18.3. The van der Waals surface area contributed by atoms with Crippen LogP contribution in [0.1, 0.15) is 43.2 Å². The fourth-order valence-electron chi connectivity index (χ4n) is 4.07. The van der Waals surface area contributed by atoms with E-state index in [1.54, 1.807) is 0 Å². The van der Waals surface area contributed by atoms with Gasteiger partial charge in [-0.25, -0.2) is 8.78 Å². The van der Waals surface area contributed by atoms with Crippen molar-refractivity contribution in [1.82, 2.24) is 5.32 Å². The third-order valence-corrected chi connectivity index (χ3v) is 5.68. The summed E-state index contributed by atoms with van der Waals surface area (Å²) >= 11 is 0. The molecule has 0 unspecified atom stereocenters. The van der Waals surface area contributed by atoms with Gasteiger partial charge in [-0.2, -0.15) is 0 Å². The van der Waals surface area contributed by atoms with Crippen LogP contribution in [0.2, 0.25) is 0 Å². The fraction of sp³-hybridized carbons (Fsp3) is 0.520. The molecule has 1 heterocycles. The minimum absolute atomic E-state index is 0. The Kier molecular flexibility index (Phi) is 11.7. The van der Waals surface area contributed by atoms with Crippen LogP contribution < -0.4 is 14.8 Å². The van der Waals surface area contributed by atoms with Crippen LogP contribution in [0.15, 0.2) is 48.5 Å². The van der Waals surface area contributed by atoms with Crippen molar-refractivity contribution in [3.05, 3.63) is 59.7 Å². The van der Waals surface area contributed by atoms with Crippen LogP contribution in [0.3, 0.4) is 0 Å². The number of ether oxygens (including phenoxy) is 2. The Morgan fingerprint density at radius 2 is 1.13 bits per heavy atom. The molecule has 2 aromatic rings. The van der Waals surface area contributed by atoms with Gasteiger partial charge in [0.25, 0.3) is 0 Å². The second kappa shape index (κ2) is 14.3. The van der Waals surface area contributed by atoms with Gasteiger partial charge < -0.3 is 14.8 Å². The van der Waals surface area contributed by atoms with E-state index in [2.05, 4.69) is 29.6 Å². The fourth-order valence-corrected chi connectivity index (χ4v) is 4.07. The summed E-state index contributed by atoms with van der Waals surface area (Å²) in [7, 11) is 0. The molecule has 3 nitrogen and oxygen atoms in total. The van der Waals surface area contributed by atoms with Crippen molar-refractivity contribution in [1.29, 1.82) is 0 Å². The van der Waals surface area contributed by atoms with E-state index in [4.69, 9.17) is 9.47 Å². The molecule has 1 aliphatic rings. The van der Waals surface area contributed by atoms with Crippen molar-refractivity contribution in [2.45, 2.75) is 57.0 Å². The molecule has 0 spiro atoms. The smallest absolute Gasteiger partial charge is 0.123 e. The highest BCUT2D eigenvalue weighted by Gasteiger charge is 2.20. The molecule has 1 aliphatic heterocycles. The highest BCUT2D eigenvalue weighted by Crippen LogP contribution is 2.22. The number of nitrogens with one attached hydrogen (secondary N) is 1. The molecule has 0 radical (unpaired) electrons. The molecule has 31 heavy (non-hydrogen) atoms. The average Bonchev–Trinajstić information content (AvgIpc) is 2.80. The molecule has 6 heteroatoms. The van der Waals surface area contributed by atoms with Crippen molar-refractivity contribution < 1.29 is 18.3 Å². The summed E-state index contributed by atoms with van der Waals surface area (Å²) in [5, 5.41) is 3.84. The van der Waals surface area contributed by atoms with E-state index in [0.29, 0.717) is 12.1 Å². The maximum absolute atomic E-state index is 12.2. The number of rotatable bonds is 12. The Balaban J connectivity index is 0.00000341. The molecular formula is C25H34ClF2NO2. The lowest BCUT2D eigenvalue weighted by atomic mass is 9.91. The van der Waals surface area contributed by atoms with Crippen molar-refractivity contribution in [3.63, 3.8) is 0 Å². The molecule has 0 amide bonds. The van der Waals surface area contributed by atoms with Crippen LogP contribution in [0.4, 0.5) is 8.78 Å². The summed E-state index contributed by atoms with van der Waals surface area (Å²) in [6.45, 7) is -0.694. The largest absolute Gasteiger partial charge is 0.491 e. The molecule has 0 aliphatic carbocycles. The Bertz CT molecular complexity index is 666. The Labute approximate surface area is 190 Å². The third kappa shape index (κ3) is 9.04. The van der Waals surface area contributed by atoms with Crippen LogP contribution in [0, 0.1) is 0 Å². The summed E-state index contributed by atoms with van der Waals surface area (Å²) < 4.78 is 34.9. The zero-order valence-corrected chi connectivity index (χ0v) is 18.8. The lowest BCUT2D eigenvalue weighted by Crippen LogP contribution is -2.42. The first-order chi connectivity index (χ1) is 14.8. The summed E-state index contributed by atoms with van der Waals surface area (Å²) in [5.74, 6) is 1.46. The zero-order chi connectivity index (χ0) is 21.0. The Morgan fingerprint density at radius 3 is 1.52 bits per heavy atom. The number of aryl methyl sites for hydroxylation is 2. The lowest BCUT2D eigenvalue weighted by Gasteiger charge is -2.31. The predicted molar refractivity (Wildman–Crippen MR) is 124 cm³/mol. The van der Waals surface area contributed by atoms with Crippen molar-refractivity contribution in [2.75, 3.05) is 26.6 Å². The number of hydrogen-bond acceptors (Lipinski definition) is 3. The summed E-state index contributed by atoms with van der Waals surface area (Å²) in [5.41, 5.74) is 2.59. The summed E-state index contributed by atoms with van der Waals surface area (Å²) in [6.07, 6.45) is 8.06. The van der Waals surface area contributed by atoms with Crippen molar-refractivity contribution >= 4 is 12.4 Å². The topological polar surface area (TPSA) is 30.5 Å². The van der Waals surface area contributed by atoms with Crippen LogP contribution in [-0.4, -0.2) is 38.6 Å². The lowest BCUT2D eigenvalue weighted by molar-refractivity contribution is 0.273. The van der Waals surface area contributed by atoms with Gasteiger partial charge in [0.05, 0.1) is 0 Å². The summed E-state index contributed by atoms with van der Waals surface area (Å²) in [6, 6.07) is 17.1. The van der Waals surface area contributed by atoms with Crippen LogP contribution in [0.5, 0.6) is 11.5 Å². The van der Waals surface area contributed by atoms with Gasteiger partial charge in [-0.05, 0) is 73.9 Å². The monoisotopic (exact) mass is 453 g/mol. The highest BCUT2D eigenvalue weighted by atomic mass is 35.5. The van der Waals surface area contributed by atoms with Crippen LogP contribution in [-0.2, 0) is 12.8 Å². The molecule has 1 N–H and O–H groups in total. The Morgan fingerprint density at radius 1 is 0.710 bits per heavy atom. The number of piperidine rings is 1. The van der Waals surface area contributed by atoms with Gasteiger partial charge in [-0.1, -0.05) is 30.7 Å². The highest BCUT2D eigenvalue weighted by molar-refractivity contribution is 5.85. The second-order valence-electron chi connectivity index (χ2n) is 7.93. The van der Waals surface area contributed by atoms with E-state index in [1.807, 2.05) is 24.3 Å². The van der Waals surface area contributed by atoms with Gasteiger partial charge in [0.2, 0.25) is 0 Å². The molecular weight excluding hydrogens is 420 g/mol. The average molecular weight is 454 g/mol. The number of benzene rings is 2. The Hall–Kier alpha value is -1.85. The standard InChI is InChI=1S/C25H33F2NO2.ClH/c26-16-18-29-24-12-6-20(7-13-24)4-10-22-2-1-3-23(28-22)11-5-21-8-14-25(15-9-21)30-19-17-27;/h6-9,12-15,22-23,28H,1-5,10-11,16-19H2;1H/t22-,23+;. The predicted octanol–water partition coefficient (Wildman–Crippen LogP) is 5.88. The van der Waals surface area contributed by atoms with E-state index < -0.39 is 13.3 Å². The molecule has 3 rings (SSSR count). The van der Waals surface area contributed by atoms with Gasteiger partial charge in [0, 0.05) is 12.1 Å². The first-order valence-electron chi connectivity index (χ1n) is 11.1. The van der Waals surface area contributed by atoms with E-state index in [-0.39, 0.29) is 25.6 Å². The van der Waals surface area contributed by atoms with Gasteiger partial charge >= 0.3 is 0 Å². The summed E-state index contributed by atoms with van der Waals surface area (Å²) in [4.78, 5) is 0.